The lowest BCUT2D eigenvalue weighted by Gasteiger charge is -2.18. The summed E-state index contributed by atoms with van der Waals surface area (Å²) < 4.78 is 33.4. The summed E-state index contributed by atoms with van der Waals surface area (Å²) in [6.45, 7) is 1.92. The maximum absolute atomic E-state index is 13.5. The van der Waals surface area contributed by atoms with Gasteiger partial charge in [0.05, 0.1) is 17.7 Å². The quantitative estimate of drug-likeness (QED) is 0.280. The van der Waals surface area contributed by atoms with Crippen molar-refractivity contribution in [2.75, 3.05) is 11.4 Å². The van der Waals surface area contributed by atoms with E-state index < -0.39 is 10.0 Å². The van der Waals surface area contributed by atoms with Crippen LogP contribution in [0.15, 0.2) is 108 Å². The molecule has 5 heteroatoms. The van der Waals surface area contributed by atoms with Crippen molar-refractivity contribution in [3.63, 3.8) is 0 Å². The van der Waals surface area contributed by atoms with Crippen LogP contribution in [0.1, 0.15) is 11.1 Å². The molecule has 4 aromatic carbocycles. The van der Waals surface area contributed by atoms with E-state index in [0.29, 0.717) is 5.69 Å². The number of anilines is 1. The molecule has 4 rings (SSSR count). The molecule has 0 fully saturated rings. The number of hydrogen-bond acceptors (Lipinski definition) is 3. The summed E-state index contributed by atoms with van der Waals surface area (Å²) in [5, 5.41) is 0. The Hall–Kier alpha value is -4.01. The maximum Gasteiger partial charge on any atom is 0.275 e. The molecule has 0 unspecified atom stereocenters. The Kier molecular flexibility index (Phi) is 6.48. The Labute approximate surface area is 195 Å². The van der Waals surface area contributed by atoms with Gasteiger partial charge in [0.25, 0.3) is 10.0 Å². The first kappa shape index (κ1) is 22.2. The molecule has 0 bridgehead atoms. The lowest BCUT2D eigenvalue weighted by molar-refractivity contribution is 0.415. The third kappa shape index (κ3) is 4.92. The van der Waals surface area contributed by atoms with Crippen LogP contribution in [0.3, 0.4) is 0 Å². The van der Waals surface area contributed by atoms with E-state index in [1.54, 1.807) is 55.6 Å². The average molecular weight is 454 g/mol. The summed E-state index contributed by atoms with van der Waals surface area (Å²) in [6.07, 6.45) is 0. The van der Waals surface area contributed by atoms with Crippen LogP contribution in [0.2, 0.25) is 0 Å². The van der Waals surface area contributed by atoms with E-state index in [1.807, 2.05) is 61.5 Å². The highest BCUT2D eigenvalue weighted by atomic mass is 32.2. The Morgan fingerprint density at radius 2 is 1.39 bits per heavy atom. The van der Waals surface area contributed by atoms with Gasteiger partial charge in [-0.3, -0.25) is 0 Å². The number of ether oxygens (including phenoxy) is 1. The largest absolute Gasteiger partial charge is 0.497 e. The first-order valence-electron chi connectivity index (χ1n) is 10.4. The lowest BCUT2D eigenvalue weighted by atomic mass is 10.00. The molecule has 0 N–H and O–H groups in total. The topological polar surface area (TPSA) is 46.6 Å². The van der Waals surface area contributed by atoms with Gasteiger partial charge in [0.15, 0.2) is 0 Å². The molecule has 0 aliphatic heterocycles. The van der Waals surface area contributed by atoms with Crippen molar-refractivity contribution in [1.82, 2.24) is 0 Å². The number of rotatable bonds is 5. The molecule has 0 amide bonds. The number of para-hydroxylation sites is 1. The van der Waals surface area contributed by atoms with E-state index in [1.165, 1.54) is 0 Å². The van der Waals surface area contributed by atoms with Crippen LogP contribution in [0.25, 0.3) is 11.1 Å². The van der Waals surface area contributed by atoms with Crippen LogP contribution in [0.4, 0.5) is 5.69 Å². The Bertz CT molecular complexity index is 1400. The first-order chi connectivity index (χ1) is 16.0. The van der Waals surface area contributed by atoms with Crippen molar-refractivity contribution in [1.29, 1.82) is 0 Å². The normalized spacial score (nSPS) is 10.7. The summed E-state index contributed by atoms with van der Waals surface area (Å²) in [5.41, 5.74) is 4.07. The van der Waals surface area contributed by atoms with Gasteiger partial charge in [-0.25, -0.2) is 8.42 Å². The highest BCUT2D eigenvalue weighted by molar-refractivity contribution is 7.93. The minimum Gasteiger partial charge on any atom is -0.497 e. The van der Waals surface area contributed by atoms with Crippen molar-refractivity contribution in [3.8, 4) is 28.8 Å². The second-order valence-corrected chi connectivity index (χ2v) is 9.22. The maximum atomic E-state index is 13.5. The van der Waals surface area contributed by atoms with Crippen LogP contribution in [0.5, 0.6) is 5.75 Å². The zero-order chi connectivity index (χ0) is 23.3. The molecule has 4 nitrogen and oxygen atoms in total. The zero-order valence-electron chi connectivity index (χ0n) is 18.4. The molecule has 0 atom stereocenters. The number of hydrogen-bond donors (Lipinski definition) is 0. The van der Waals surface area contributed by atoms with E-state index >= 15 is 0 Å². The molecule has 0 saturated heterocycles. The zero-order valence-corrected chi connectivity index (χ0v) is 19.2. The Morgan fingerprint density at radius 1 is 0.758 bits per heavy atom. The fourth-order valence-electron chi connectivity index (χ4n) is 3.37. The van der Waals surface area contributed by atoms with E-state index in [2.05, 4.69) is 12.0 Å². The molecule has 0 aromatic heterocycles. The minimum absolute atomic E-state index is 0.190. The predicted octanol–water partition coefficient (Wildman–Crippen LogP) is 5.88. The van der Waals surface area contributed by atoms with Crippen LogP contribution in [0, 0.1) is 18.9 Å². The predicted molar refractivity (Wildman–Crippen MR) is 133 cm³/mol. The van der Waals surface area contributed by atoms with E-state index in [4.69, 9.17) is 4.74 Å². The highest BCUT2D eigenvalue weighted by Crippen LogP contribution is 2.26. The van der Waals surface area contributed by atoms with Crippen molar-refractivity contribution in [2.24, 2.45) is 0 Å². The van der Waals surface area contributed by atoms with E-state index in [9.17, 15) is 8.42 Å². The fourth-order valence-corrected chi connectivity index (χ4v) is 4.62. The van der Waals surface area contributed by atoms with Gasteiger partial charge in [-0.2, -0.15) is 4.31 Å². The van der Waals surface area contributed by atoms with Gasteiger partial charge in [-0.05, 0) is 66.4 Å². The standard InChI is InChI=1S/C28H23NO3S/c1-22-12-18-27(19-13-22)33(30,31)29(25-9-4-3-5-10-25)21-20-23-8-6-7-11-28(23)24-14-16-26(32-2)17-15-24/h3-19H,1-2H3. The van der Waals surface area contributed by atoms with Crippen LogP contribution in [-0.4, -0.2) is 15.5 Å². The van der Waals surface area contributed by atoms with Crippen LogP contribution >= 0.6 is 0 Å². The molecule has 4 aromatic rings. The van der Waals surface area contributed by atoms with Crippen molar-refractivity contribution in [3.05, 3.63) is 114 Å². The molecular formula is C28H23NO3S. The van der Waals surface area contributed by atoms with Crippen molar-refractivity contribution in [2.45, 2.75) is 11.8 Å². The second-order valence-electron chi connectivity index (χ2n) is 7.43. The Balaban J connectivity index is 1.80. The van der Waals surface area contributed by atoms with Crippen LogP contribution < -0.4 is 9.04 Å². The molecule has 0 saturated carbocycles. The van der Waals surface area contributed by atoms with Gasteiger partial charge < -0.3 is 4.74 Å². The molecule has 0 spiro atoms. The van der Waals surface area contributed by atoms with E-state index in [0.717, 1.165) is 32.3 Å². The van der Waals surface area contributed by atoms with Gasteiger partial charge in [-0.15, -0.1) is 0 Å². The fraction of sp³-hybridized carbons (Fsp3) is 0.0714. The van der Waals surface area contributed by atoms with Crippen molar-refractivity contribution >= 4 is 15.7 Å². The second kappa shape index (κ2) is 9.64. The highest BCUT2D eigenvalue weighted by Gasteiger charge is 2.23. The summed E-state index contributed by atoms with van der Waals surface area (Å²) >= 11 is 0. The monoisotopic (exact) mass is 453 g/mol. The van der Waals surface area contributed by atoms with E-state index in [-0.39, 0.29) is 4.90 Å². The number of nitrogens with zero attached hydrogens (tertiary/aromatic N) is 1. The number of aryl methyl sites for hydroxylation is 1. The van der Waals surface area contributed by atoms with Gasteiger partial charge in [0, 0.05) is 11.6 Å². The van der Waals surface area contributed by atoms with Crippen molar-refractivity contribution < 1.29 is 13.2 Å². The summed E-state index contributed by atoms with van der Waals surface area (Å²) in [4.78, 5) is 0.190. The molecule has 0 aliphatic carbocycles. The van der Waals surface area contributed by atoms with Gasteiger partial charge in [-0.1, -0.05) is 66.2 Å². The summed E-state index contributed by atoms with van der Waals surface area (Å²) in [5.74, 6) is 3.86. The summed E-state index contributed by atoms with van der Waals surface area (Å²) in [6, 6.07) is 33.9. The third-order valence-electron chi connectivity index (χ3n) is 5.17. The molecule has 0 radical (unpaired) electrons. The third-order valence-corrected chi connectivity index (χ3v) is 6.82. The number of sulfonamides is 1. The number of methoxy groups -OCH3 is 1. The molecule has 0 heterocycles. The van der Waals surface area contributed by atoms with Crippen LogP contribution in [-0.2, 0) is 10.0 Å². The average Bonchev–Trinajstić information content (AvgIpc) is 2.85. The number of benzene rings is 4. The molecular weight excluding hydrogens is 430 g/mol. The molecule has 164 valence electrons. The van der Waals surface area contributed by atoms with Gasteiger partial charge in [0.1, 0.15) is 5.75 Å². The SMILES string of the molecule is COc1ccc(-c2ccccc2C#CN(c2ccccc2)S(=O)(=O)c2ccc(C)cc2)cc1. The van der Waals surface area contributed by atoms with Gasteiger partial charge in [0.2, 0.25) is 0 Å². The van der Waals surface area contributed by atoms with Gasteiger partial charge >= 0.3 is 0 Å². The minimum atomic E-state index is -3.88. The summed E-state index contributed by atoms with van der Waals surface area (Å²) in [7, 11) is -2.26. The first-order valence-corrected chi connectivity index (χ1v) is 11.9. The molecule has 0 aliphatic rings. The smallest absolute Gasteiger partial charge is 0.275 e. The lowest BCUT2D eigenvalue weighted by Crippen LogP contribution is -2.26. The molecule has 33 heavy (non-hydrogen) atoms. The Morgan fingerprint density at radius 3 is 2.06 bits per heavy atom.